The van der Waals surface area contributed by atoms with E-state index in [0.717, 1.165) is 22.3 Å². The molecule has 0 aliphatic heterocycles. The second-order valence-corrected chi connectivity index (χ2v) is 5.60. The predicted octanol–water partition coefficient (Wildman–Crippen LogP) is 5.01. The molecule has 0 aliphatic rings. The highest BCUT2D eigenvalue weighted by Gasteiger charge is 2.14. The summed E-state index contributed by atoms with van der Waals surface area (Å²) in [5, 5.41) is 0.860. The van der Waals surface area contributed by atoms with Gasteiger partial charge in [0, 0.05) is 10.9 Å². The van der Waals surface area contributed by atoms with Crippen LogP contribution in [-0.2, 0) is 0 Å². The summed E-state index contributed by atoms with van der Waals surface area (Å²) in [6.07, 6.45) is 0. The van der Waals surface area contributed by atoms with E-state index < -0.39 is 0 Å². The molecule has 0 atom stereocenters. The fourth-order valence-corrected chi connectivity index (χ4v) is 2.73. The summed E-state index contributed by atoms with van der Waals surface area (Å²) in [5.41, 5.74) is 4.14. The Morgan fingerprint density at radius 1 is 0.952 bits per heavy atom. The molecule has 0 unspecified atom stereocenters. The van der Waals surface area contributed by atoms with E-state index in [2.05, 4.69) is 9.97 Å². The van der Waals surface area contributed by atoms with Crippen LogP contribution >= 0.6 is 11.6 Å². The van der Waals surface area contributed by atoms with E-state index in [-0.39, 0.29) is 16.5 Å². The highest BCUT2D eigenvalue weighted by atomic mass is 35.5. The first kappa shape index (κ1) is 14.0. The molecule has 0 fully saturated rings. The summed E-state index contributed by atoms with van der Waals surface area (Å²) >= 11 is 6.26. The van der Waals surface area contributed by atoms with Gasteiger partial charge in [-0.05, 0) is 44.0 Å². The molecule has 0 radical (unpaired) electrons. The van der Waals surface area contributed by atoms with E-state index >= 15 is 0 Å². The first-order chi connectivity index (χ1) is 9.97. The monoisotopic (exact) mass is 300 g/mol. The molecule has 0 N–H and O–H groups in total. The Kier molecular flexibility index (Phi) is 3.38. The second-order valence-electron chi connectivity index (χ2n) is 5.24. The molecule has 3 rings (SSSR count). The highest BCUT2D eigenvalue weighted by Crippen LogP contribution is 2.30. The number of fused-ring (bicyclic) bond motifs is 1. The third-order valence-corrected chi connectivity index (χ3v) is 3.87. The van der Waals surface area contributed by atoms with Gasteiger partial charge in [0.15, 0.2) is 5.82 Å². The number of halogens is 2. The van der Waals surface area contributed by atoms with E-state index in [9.17, 15) is 4.39 Å². The SMILES string of the molecule is Cc1ccc(C)c(-c2nc(Cl)c3c(C)ccc(F)c3n2)c1. The molecule has 4 heteroatoms. The van der Waals surface area contributed by atoms with Crippen molar-refractivity contribution in [3.63, 3.8) is 0 Å². The quantitative estimate of drug-likeness (QED) is 0.590. The standard InChI is InChI=1S/C17H14ClFN2/c1-9-4-5-10(2)12(8-9)17-20-15-13(19)7-6-11(3)14(15)16(18)21-17/h4-8H,1-3H3. The third kappa shape index (κ3) is 2.38. The summed E-state index contributed by atoms with van der Waals surface area (Å²) in [7, 11) is 0. The van der Waals surface area contributed by atoms with Gasteiger partial charge in [-0.2, -0.15) is 0 Å². The smallest absolute Gasteiger partial charge is 0.161 e. The summed E-state index contributed by atoms with van der Waals surface area (Å²) < 4.78 is 14.1. The van der Waals surface area contributed by atoms with Crippen LogP contribution in [0.2, 0.25) is 5.15 Å². The van der Waals surface area contributed by atoms with E-state index in [1.807, 2.05) is 39.0 Å². The molecule has 2 nitrogen and oxygen atoms in total. The van der Waals surface area contributed by atoms with Crippen LogP contribution in [0.1, 0.15) is 16.7 Å². The molecule has 0 saturated carbocycles. The van der Waals surface area contributed by atoms with Crippen LogP contribution in [0.25, 0.3) is 22.3 Å². The fraction of sp³-hybridized carbons (Fsp3) is 0.176. The Bertz CT molecular complexity index is 859. The molecule has 3 aromatic rings. The first-order valence-electron chi connectivity index (χ1n) is 6.67. The Morgan fingerprint density at radius 2 is 1.67 bits per heavy atom. The van der Waals surface area contributed by atoms with Crippen molar-refractivity contribution in [3.8, 4) is 11.4 Å². The molecule has 106 valence electrons. The predicted molar refractivity (Wildman–Crippen MR) is 84.2 cm³/mol. The van der Waals surface area contributed by atoms with Gasteiger partial charge in [0.05, 0.1) is 0 Å². The van der Waals surface area contributed by atoms with Crippen LogP contribution in [0.5, 0.6) is 0 Å². The van der Waals surface area contributed by atoms with Crippen LogP contribution < -0.4 is 0 Å². The van der Waals surface area contributed by atoms with Gasteiger partial charge in [0.25, 0.3) is 0 Å². The minimum Gasteiger partial charge on any atom is -0.225 e. The van der Waals surface area contributed by atoms with Gasteiger partial charge < -0.3 is 0 Å². The van der Waals surface area contributed by atoms with Crippen LogP contribution in [0, 0.1) is 26.6 Å². The number of nitrogens with zero attached hydrogens (tertiary/aromatic N) is 2. The number of aryl methyl sites for hydroxylation is 3. The lowest BCUT2D eigenvalue weighted by Gasteiger charge is -2.10. The van der Waals surface area contributed by atoms with Crippen molar-refractivity contribution < 1.29 is 4.39 Å². The maximum Gasteiger partial charge on any atom is 0.161 e. The molecule has 0 amide bonds. The van der Waals surface area contributed by atoms with E-state index in [4.69, 9.17) is 11.6 Å². The average Bonchev–Trinajstić information content (AvgIpc) is 2.45. The number of hydrogen-bond donors (Lipinski definition) is 0. The van der Waals surface area contributed by atoms with Crippen molar-refractivity contribution >= 4 is 22.5 Å². The van der Waals surface area contributed by atoms with Gasteiger partial charge in [-0.3, -0.25) is 0 Å². The normalized spacial score (nSPS) is 11.1. The van der Waals surface area contributed by atoms with Crippen molar-refractivity contribution in [2.24, 2.45) is 0 Å². The summed E-state index contributed by atoms with van der Waals surface area (Å²) in [4.78, 5) is 8.76. The van der Waals surface area contributed by atoms with Crippen molar-refractivity contribution in [1.82, 2.24) is 9.97 Å². The number of hydrogen-bond acceptors (Lipinski definition) is 2. The molecule has 1 heterocycles. The van der Waals surface area contributed by atoms with Crippen molar-refractivity contribution in [2.75, 3.05) is 0 Å². The maximum absolute atomic E-state index is 14.1. The van der Waals surface area contributed by atoms with Gasteiger partial charge in [0.1, 0.15) is 16.5 Å². The largest absolute Gasteiger partial charge is 0.225 e. The van der Waals surface area contributed by atoms with Crippen molar-refractivity contribution in [2.45, 2.75) is 20.8 Å². The zero-order chi connectivity index (χ0) is 15.1. The van der Waals surface area contributed by atoms with Gasteiger partial charge in [-0.15, -0.1) is 0 Å². The molecule has 2 aromatic carbocycles. The number of rotatable bonds is 1. The number of benzene rings is 2. The molecular weight excluding hydrogens is 287 g/mol. The zero-order valence-electron chi connectivity index (χ0n) is 12.0. The molecule has 0 aliphatic carbocycles. The second kappa shape index (κ2) is 5.08. The molecule has 0 saturated heterocycles. The van der Waals surface area contributed by atoms with Gasteiger partial charge in [-0.25, -0.2) is 14.4 Å². The lowest BCUT2D eigenvalue weighted by Crippen LogP contribution is -1.97. The van der Waals surface area contributed by atoms with Gasteiger partial charge in [-0.1, -0.05) is 35.4 Å². The van der Waals surface area contributed by atoms with Crippen molar-refractivity contribution in [3.05, 3.63) is 58.0 Å². The van der Waals surface area contributed by atoms with Crippen molar-refractivity contribution in [1.29, 1.82) is 0 Å². The van der Waals surface area contributed by atoms with Gasteiger partial charge >= 0.3 is 0 Å². The lowest BCUT2D eigenvalue weighted by atomic mass is 10.0. The lowest BCUT2D eigenvalue weighted by molar-refractivity contribution is 0.636. The van der Waals surface area contributed by atoms with E-state index in [0.29, 0.717) is 11.2 Å². The molecule has 1 aromatic heterocycles. The molecular formula is C17H14ClFN2. The highest BCUT2D eigenvalue weighted by molar-refractivity contribution is 6.34. The van der Waals surface area contributed by atoms with Crippen LogP contribution in [0.3, 0.4) is 0 Å². The topological polar surface area (TPSA) is 25.8 Å². The summed E-state index contributed by atoms with van der Waals surface area (Å²) in [6.45, 7) is 5.84. The summed E-state index contributed by atoms with van der Waals surface area (Å²) in [6, 6.07) is 9.10. The van der Waals surface area contributed by atoms with E-state index in [1.165, 1.54) is 6.07 Å². The average molecular weight is 301 g/mol. The molecule has 21 heavy (non-hydrogen) atoms. The first-order valence-corrected chi connectivity index (χ1v) is 7.05. The zero-order valence-corrected chi connectivity index (χ0v) is 12.8. The number of aromatic nitrogens is 2. The Morgan fingerprint density at radius 3 is 2.43 bits per heavy atom. The summed E-state index contributed by atoms with van der Waals surface area (Å²) in [5.74, 6) is 0.0738. The minimum atomic E-state index is -0.383. The van der Waals surface area contributed by atoms with Gasteiger partial charge in [0.2, 0.25) is 0 Å². The van der Waals surface area contributed by atoms with Crippen LogP contribution in [-0.4, -0.2) is 9.97 Å². The Labute approximate surface area is 127 Å². The van der Waals surface area contributed by atoms with Crippen LogP contribution in [0.4, 0.5) is 4.39 Å². The van der Waals surface area contributed by atoms with Crippen LogP contribution in [0.15, 0.2) is 30.3 Å². The fourth-order valence-electron chi connectivity index (χ4n) is 2.41. The Hall–Kier alpha value is -2.00. The molecule has 0 bridgehead atoms. The minimum absolute atomic E-state index is 0.269. The van der Waals surface area contributed by atoms with E-state index in [1.54, 1.807) is 6.07 Å². The third-order valence-electron chi connectivity index (χ3n) is 3.60. The Balaban J connectivity index is 2.35. The maximum atomic E-state index is 14.1. The molecule has 0 spiro atoms.